The van der Waals surface area contributed by atoms with E-state index >= 15 is 0 Å². The Balaban J connectivity index is 0.00000225. The minimum absolute atomic E-state index is 0. The van der Waals surface area contributed by atoms with E-state index in [1.54, 1.807) is 24.3 Å². The van der Waals surface area contributed by atoms with Crippen LogP contribution in [0.2, 0.25) is 10.0 Å². The Morgan fingerprint density at radius 2 is 1.96 bits per heavy atom. The van der Waals surface area contributed by atoms with Crippen molar-refractivity contribution in [2.45, 2.75) is 31.9 Å². The maximum Gasteiger partial charge on any atom is 0.253 e. The Labute approximate surface area is 163 Å². The number of fused-ring (bicyclic) bond motifs is 1. The van der Waals surface area contributed by atoms with Crippen molar-refractivity contribution in [2.75, 3.05) is 5.73 Å². The Bertz CT molecular complexity index is 809. The molecule has 1 amide bonds. The molecule has 1 heterocycles. The summed E-state index contributed by atoms with van der Waals surface area (Å²) in [6.45, 7) is 3.97. The van der Waals surface area contributed by atoms with Crippen LogP contribution < -0.4 is 15.8 Å². The van der Waals surface area contributed by atoms with Crippen LogP contribution in [0, 0.1) is 0 Å². The largest absolute Gasteiger partial charge is 0.487 e. The first-order valence-corrected chi connectivity index (χ1v) is 8.35. The molecule has 0 spiro atoms. The van der Waals surface area contributed by atoms with Gasteiger partial charge in [0.2, 0.25) is 0 Å². The first-order valence-electron chi connectivity index (χ1n) is 7.59. The number of anilines is 1. The molecule has 25 heavy (non-hydrogen) atoms. The summed E-state index contributed by atoms with van der Waals surface area (Å²) >= 11 is 12.1. The lowest BCUT2D eigenvalue weighted by Crippen LogP contribution is -2.41. The summed E-state index contributed by atoms with van der Waals surface area (Å²) in [7, 11) is 0. The summed E-state index contributed by atoms with van der Waals surface area (Å²) in [6.07, 6.45) is 0.618. The second-order valence-electron chi connectivity index (χ2n) is 6.51. The van der Waals surface area contributed by atoms with Crippen LogP contribution in [0.25, 0.3) is 0 Å². The third-order valence-corrected chi connectivity index (χ3v) is 4.53. The van der Waals surface area contributed by atoms with Gasteiger partial charge in [-0.15, -0.1) is 12.4 Å². The highest BCUT2D eigenvalue weighted by molar-refractivity contribution is 6.35. The molecule has 0 saturated heterocycles. The molecule has 1 aliphatic heterocycles. The Morgan fingerprint density at radius 3 is 2.68 bits per heavy atom. The van der Waals surface area contributed by atoms with Crippen molar-refractivity contribution in [3.05, 3.63) is 57.6 Å². The number of benzene rings is 2. The Morgan fingerprint density at radius 1 is 1.24 bits per heavy atom. The zero-order chi connectivity index (χ0) is 17.5. The molecule has 3 rings (SSSR count). The van der Waals surface area contributed by atoms with E-state index in [0.717, 1.165) is 11.3 Å². The van der Waals surface area contributed by atoms with E-state index in [-0.39, 0.29) is 24.4 Å². The van der Waals surface area contributed by atoms with Crippen LogP contribution in [0.3, 0.4) is 0 Å². The van der Waals surface area contributed by atoms with Crippen molar-refractivity contribution < 1.29 is 9.53 Å². The van der Waals surface area contributed by atoms with Crippen LogP contribution in [0.15, 0.2) is 36.4 Å². The third-order valence-electron chi connectivity index (χ3n) is 3.97. The van der Waals surface area contributed by atoms with Crippen LogP contribution >= 0.6 is 35.6 Å². The summed E-state index contributed by atoms with van der Waals surface area (Å²) in [5.41, 5.74) is 7.32. The van der Waals surface area contributed by atoms with Gasteiger partial charge >= 0.3 is 0 Å². The summed E-state index contributed by atoms with van der Waals surface area (Å²) in [5.74, 6) is 0.446. The standard InChI is InChI=1S/C18H18Cl2N2O2.ClH/c1-18(2)9-15(13-8-11(21)4-6-16(13)24-18)22-17(23)12-7-10(19)3-5-14(12)20;/h3-8,15H,9,21H2,1-2H3,(H,22,23);1H. The third kappa shape index (κ3) is 4.32. The molecule has 7 heteroatoms. The highest BCUT2D eigenvalue weighted by Gasteiger charge is 2.35. The molecular weight excluding hydrogens is 383 g/mol. The molecule has 4 nitrogen and oxygen atoms in total. The SMILES string of the molecule is CC1(C)CC(NC(=O)c2cc(Cl)ccc2Cl)c2cc(N)ccc2O1.Cl. The molecule has 1 aliphatic rings. The topological polar surface area (TPSA) is 64.4 Å². The minimum Gasteiger partial charge on any atom is -0.487 e. The number of nitrogens with one attached hydrogen (secondary N) is 1. The zero-order valence-electron chi connectivity index (χ0n) is 13.8. The van der Waals surface area contributed by atoms with Gasteiger partial charge in [-0.3, -0.25) is 4.79 Å². The molecular formula is C18H19Cl3N2O2. The summed E-state index contributed by atoms with van der Waals surface area (Å²) in [5, 5.41) is 3.84. The van der Waals surface area contributed by atoms with Crippen LogP contribution in [-0.4, -0.2) is 11.5 Å². The molecule has 0 saturated carbocycles. The van der Waals surface area contributed by atoms with Crippen molar-refractivity contribution in [2.24, 2.45) is 0 Å². The number of hydrogen-bond acceptors (Lipinski definition) is 3. The predicted molar refractivity (Wildman–Crippen MR) is 104 cm³/mol. The van der Waals surface area contributed by atoms with E-state index in [9.17, 15) is 4.79 Å². The van der Waals surface area contributed by atoms with Crippen molar-refractivity contribution in [3.8, 4) is 5.75 Å². The van der Waals surface area contributed by atoms with Gasteiger partial charge in [0.1, 0.15) is 11.4 Å². The zero-order valence-corrected chi connectivity index (χ0v) is 16.1. The average Bonchev–Trinajstić information content (AvgIpc) is 2.49. The first-order chi connectivity index (χ1) is 11.2. The Hall–Kier alpha value is -1.62. The van der Waals surface area contributed by atoms with E-state index in [0.29, 0.717) is 27.7 Å². The number of nitrogen functional groups attached to an aromatic ring is 1. The lowest BCUT2D eigenvalue weighted by atomic mass is 9.89. The van der Waals surface area contributed by atoms with Crippen LogP contribution in [-0.2, 0) is 0 Å². The molecule has 0 fully saturated rings. The second-order valence-corrected chi connectivity index (χ2v) is 7.36. The molecule has 0 radical (unpaired) electrons. The van der Waals surface area contributed by atoms with Gasteiger partial charge in [-0.2, -0.15) is 0 Å². The number of carbonyl (C=O) groups is 1. The van der Waals surface area contributed by atoms with E-state index < -0.39 is 5.60 Å². The number of hydrogen-bond donors (Lipinski definition) is 2. The maximum atomic E-state index is 12.7. The molecule has 2 aromatic rings. The number of amides is 1. The fourth-order valence-electron chi connectivity index (χ4n) is 2.91. The van der Waals surface area contributed by atoms with E-state index in [1.807, 2.05) is 26.0 Å². The van der Waals surface area contributed by atoms with Gasteiger partial charge in [-0.25, -0.2) is 0 Å². The molecule has 0 aromatic heterocycles. The van der Waals surface area contributed by atoms with Crippen molar-refractivity contribution in [1.29, 1.82) is 0 Å². The highest BCUT2D eigenvalue weighted by Crippen LogP contribution is 2.40. The average molecular weight is 402 g/mol. The van der Waals surface area contributed by atoms with E-state index in [1.165, 1.54) is 0 Å². The smallest absolute Gasteiger partial charge is 0.253 e. The Kier molecular flexibility index (Phi) is 5.77. The fraction of sp³-hybridized carbons (Fsp3) is 0.278. The van der Waals surface area contributed by atoms with Crippen LogP contribution in [0.4, 0.5) is 5.69 Å². The monoisotopic (exact) mass is 400 g/mol. The summed E-state index contributed by atoms with van der Waals surface area (Å²) in [6, 6.07) is 10.0. The van der Waals surface area contributed by atoms with Crippen molar-refractivity contribution in [3.63, 3.8) is 0 Å². The van der Waals surface area contributed by atoms with Gasteiger partial charge in [-0.1, -0.05) is 23.2 Å². The lowest BCUT2D eigenvalue weighted by Gasteiger charge is -2.38. The van der Waals surface area contributed by atoms with Crippen LogP contribution in [0.5, 0.6) is 5.75 Å². The van der Waals surface area contributed by atoms with Gasteiger partial charge in [0, 0.05) is 22.7 Å². The van der Waals surface area contributed by atoms with Gasteiger partial charge in [-0.05, 0) is 50.2 Å². The molecule has 1 unspecified atom stereocenters. The molecule has 3 N–H and O–H groups in total. The van der Waals surface area contributed by atoms with E-state index in [2.05, 4.69) is 5.32 Å². The molecule has 134 valence electrons. The highest BCUT2D eigenvalue weighted by atomic mass is 35.5. The number of halogens is 3. The summed E-state index contributed by atoms with van der Waals surface area (Å²) < 4.78 is 5.98. The maximum absolute atomic E-state index is 12.7. The number of carbonyl (C=O) groups excluding carboxylic acids is 1. The first kappa shape index (κ1) is 19.7. The molecule has 2 aromatic carbocycles. The van der Waals surface area contributed by atoms with Crippen molar-refractivity contribution in [1.82, 2.24) is 5.32 Å². The second kappa shape index (κ2) is 7.32. The van der Waals surface area contributed by atoms with Crippen LogP contribution in [0.1, 0.15) is 42.2 Å². The van der Waals surface area contributed by atoms with Gasteiger partial charge < -0.3 is 15.8 Å². The number of nitrogens with two attached hydrogens (primary N) is 1. The van der Waals surface area contributed by atoms with Gasteiger partial charge in [0.25, 0.3) is 5.91 Å². The quantitative estimate of drug-likeness (QED) is 0.694. The fourth-order valence-corrected chi connectivity index (χ4v) is 3.28. The lowest BCUT2D eigenvalue weighted by molar-refractivity contribution is 0.0620. The predicted octanol–water partition coefficient (Wildman–Crippen LogP) is 5.03. The van der Waals surface area contributed by atoms with Crippen molar-refractivity contribution >= 4 is 47.2 Å². The number of rotatable bonds is 2. The van der Waals surface area contributed by atoms with Gasteiger partial charge in [0.05, 0.1) is 16.6 Å². The summed E-state index contributed by atoms with van der Waals surface area (Å²) in [4.78, 5) is 12.7. The minimum atomic E-state index is -0.404. The molecule has 0 aliphatic carbocycles. The molecule has 0 bridgehead atoms. The molecule has 1 atom stereocenters. The number of ether oxygens (including phenoxy) is 1. The normalized spacial score (nSPS) is 17.7. The van der Waals surface area contributed by atoms with Gasteiger partial charge in [0.15, 0.2) is 0 Å². The van der Waals surface area contributed by atoms with E-state index in [4.69, 9.17) is 33.7 Å².